The standard InChI is InChI=1S/C75H54F6N2O4/c1-71(2,3)61-23-11-17-54-56-19-13-25-65(69(56)84-67(54)61)82(45-29-34-49(35-30-45)86-74(76,77)78)47-28-27-43-40-58-53-38-33-48(42-64(53)73(63(58)41-44(43)39-47)59-21-9-7-15-51(59)52-16-8-10-22-60(52)73)83(46-31-36-50(37-32-46)87-75(79,80)81)66-26-14-20-57-55-18-12-24-62(72(4,5)6)68(55)85-70(57)66/h7-42H,1-6H3. The highest BCUT2D eigenvalue weighted by Crippen LogP contribution is 2.64. The first-order valence-corrected chi connectivity index (χ1v) is 28.8. The Kier molecular flexibility index (Phi) is 11.8. The molecule has 2 aliphatic carbocycles. The summed E-state index contributed by atoms with van der Waals surface area (Å²) in [5, 5.41) is 5.53. The van der Waals surface area contributed by atoms with Crippen molar-refractivity contribution in [2.45, 2.75) is 70.5 Å². The molecule has 0 N–H and O–H groups in total. The van der Waals surface area contributed by atoms with Crippen molar-refractivity contribution in [2.75, 3.05) is 9.80 Å². The first-order valence-electron chi connectivity index (χ1n) is 28.8. The summed E-state index contributed by atoms with van der Waals surface area (Å²) in [6, 6.07) is 70.4. The number of nitrogens with zero attached hydrogens (tertiary/aromatic N) is 2. The van der Waals surface area contributed by atoms with Crippen LogP contribution in [0.15, 0.2) is 227 Å². The van der Waals surface area contributed by atoms with Crippen LogP contribution < -0.4 is 19.3 Å². The summed E-state index contributed by atoms with van der Waals surface area (Å²) >= 11 is 0. The van der Waals surface area contributed by atoms with Gasteiger partial charge in [-0.2, -0.15) is 0 Å². The summed E-state index contributed by atoms with van der Waals surface area (Å²) in [6.07, 6.45) is -9.77. The molecule has 0 unspecified atom stereocenters. The van der Waals surface area contributed by atoms with Gasteiger partial charge >= 0.3 is 12.7 Å². The number of hydrogen-bond acceptors (Lipinski definition) is 6. The topological polar surface area (TPSA) is 51.2 Å². The van der Waals surface area contributed by atoms with Crippen LogP contribution in [-0.2, 0) is 16.2 Å². The van der Waals surface area contributed by atoms with Crippen molar-refractivity contribution in [3.63, 3.8) is 0 Å². The molecule has 0 aliphatic heterocycles. The molecule has 0 amide bonds. The van der Waals surface area contributed by atoms with Crippen LogP contribution in [0.3, 0.4) is 0 Å². The van der Waals surface area contributed by atoms with Gasteiger partial charge in [-0.05, 0) is 163 Å². The first-order chi connectivity index (χ1) is 41.6. The number of hydrogen-bond donors (Lipinski definition) is 0. The summed E-state index contributed by atoms with van der Waals surface area (Å²) in [7, 11) is 0. The fourth-order valence-corrected chi connectivity index (χ4v) is 13.7. The average molecular weight is 1160 g/mol. The lowest BCUT2D eigenvalue weighted by Gasteiger charge is -2.32. The maximum absolute atomic E-state index is 13.7. The van der Waals surface area contributed by atoms with E-state index in [1.807, 2.05) is 64.4 Å². The molecule has 430 valence electrons. The smallest absolute Gasteiger partial charge is 0.454 e. The van der Waals surface area contributed by atoms with Crippen LogP contribution in [0.1, 0.15) is 74.9 Å². The zero-order valence-corrected chi connectivity index (χ0v) is 48.1. The summed E-state index contributed by atoms with van der Waals surface area (Å²) in [5.41, 5.74) is 15.8. The summed E-state index contributed by atoms with van der Waals surface area (Å²) in [5.74, 6) is -0.696. The molecule has 2 aromatic heterocycles. The van der Waals surface area contributed by atoms with E-state index in [2.05, 4.69) is 166 Å². The Balaban J connectivity index is 0.954. The molecule has 0 saturated carbocycles. The number of fused-ring (bicyclic) bond motifs is 17. The normalized spacial score (nSPS) is 13.6. The van der Waals surface area contributed by atoms with E-state index in [-0.39, 0.29) is 22.3 Å². The van der Waals surface area contributed by atoms with Gasteiger partial charge in [0.15, 0.2) is 11.2 Å². The molecular formula is C75H54F6N2O4. The predicted molar refractivity (Wildman–Crippen MR) is 335 cm³/mol. The van der Waals surface area contributed by atoms with E-state index >= 15 is 0 Å². The Bertz CT molecular complexity index is 4900. The second-order valence-electron chi connectivity index (χ2n) is 24.6. The van der Waals surface area contributed by atoms with Gasteiger partial charge in [0.05, 0.1) is 16.8 Å². The summed E-state index contributed by atoms with van der Waals surface area (Å²) in [4.78, 5) is 4.07. The summed E-state index contributed by atoms with van der Waals surface area (Å²) < 4.78 is 105. The Hall–Kier alpha value is -9.94. The largest absolute Gasteiger partial charge is 0.573 e. The van der Waals surface area contributed by atoms with E-state index in [9.17, 15) is 26.3 Å². The highest BCUT2D eigenvalue weighted by atomic mass is 19.4. The predicted octanol–water partition coefficient (Wildman–Crippen LogP) is 22.3. The number of halogens is 6. The molecule has 0 bridgehead atoms. The SMILES string of the molecule is CC(C)(C)c1cccc2c1oc1c(N(c3ccc(OC(F)(F)F)cc3)c3ccc4c(c3)C3(c5ccccc5-c5ccccc53)c3cc5cc(N(c6ccc(OC(F)(F)F)cc6)c6cccc7c6oc6c(C(C)(C)C)cccc67)ccc5cc3-4)cccc12. The van der Waals surface area contributed by atoms with Crippen molar-refractivity contribution < 1.29 is 44.7 Å². The van der Waals surface area contributed by atoms with Gasteiger partial charge in [0, 0.05) is 55.4 Å². The van der Waals surface area contributed by atoms with Gasteiger partial charge in [-0.1, -0.05) is 163 Å². The zero-order valence-electron chi connectivity index (χ0n) is 48.1. The van der Waals surface area contributed by atoms with Crippen LogP contribution >= 0.6 is 0 Å². The molecule has 0 fully saturated rings. The number of benzene rings is 11. The number of para-hydroxylation sites is 4. The molecule has 0 atom stereocenters. The third-order valence-corrected chi connectivity index (χ3v) is 17.3. The van der Waals surface area contributed by atoms with Gasteiger partial charge in [0.25, 0.3) is 0 Å². The minimum atomic E-state index is -4.89. The second kappa shape index (κ2) is 19.0. The van der Waals surface area contributed by atoms with Crippen LogP contribution in [0.4, 0.5) is 60.5 Å². The third-order valence-electron chi connectivity index (χ3n) is 17.3. The average Bonchev–Trinajstić information content (AvgIpc) is 1.51. The Labute approximate surface area is 497 Å². The van der Waals surface area contributed by atoms with Crippen molar-refractivity contribution in [1.82, 2.24) is 0 Å². The van der Waals surface area contributed by atoms with Crippen molar-refractivity contribution >= 4 is 88.8 Å². The van der Waals surface area contributed by atoms with Gasteiger partial charge in [0.1, 0.15) is 22.7 Å². The molecule has 12 heteroatoms. The number of anilines is 6. The fourth-order valence-electron chi connectivity index (χ4n) is 13.7. The van der Waals surface area contributed by atoms with E-state index in [0.717, 1.165) is 110 Å². The van der Waals surface area contributed by atoms with E-state index in [1.54, 1.807) is 24.3 Å². The van der Waals surface area contributed by atoms with Crippen LogP contribution in [0.2, 0.25) is 0 Å². The molecule has 0 radical (unpaired) electrons. The van der Waals surface area contributed by atoms with Gasteiger partial charge in [0.2, 0.25) is 0 Å². The maximum Gasteiger partial charge on any atom is 0.573 e. The third kappa shape index (κ3) is 8.61. The van der Waals surface area contributed by atoms with Crippen molar-refractivity contribution in [2.24, 2.45) is 0 Å². The van der Waals surface area contributed by atoms with Gasteiger partial charge in [-0.25, -0.2) is 0 Å². The minimum Gasteiger partial charge on any atom is -0.454 e. The molecule has 6 nitrogen and oxygen atoms in total. The fraction of sp³-hybridized carbons (Fsp3) is 0.147. The molecule has 1 spiro atoms. The van der Waals surface area contributed by atoms with E-state index < -0.39 is 18.1 Å². The summed E-state index contributed by atoms with van der Waals surface area (Å²) in [6.45, 7) is 12.9. The second-order valence-corrected chi connectivity index (χ2v) is 24.6. The molecule has 2 heterocycles. The molecule has 87 heavy (non-hydrogen) atoms. The number of rotatable bonds is 8. The molecule has 15 rings (SSSR count). The monoisotopic (exact) mass is 1160 g/mol. The van der Waals surface area contributed by atoms with Crippen molar-refractivity contribution in [1.29, 1.82) is 0 Å². The highest BCUT2D eigenvalue weighted by Gasteiger charge is 2.52. The van der Waals surface area contributed by atoms with Crippen molar-refractivity contribution in [3.8, 4) is 33.8 Å². The van der Waals surface area contributed by atoms with Crippen LogP contribution in [0.5, 0.6) is 11.5 Å². The van der Waals surface area contributed by atoms with E-state index in [0.29, 0.717) is 33.9 Å². The minimum absolute atomic E-state index is 0.246. The van der Waals surface area contributed by atoms with Crippen LogP contribution in [0.25, 0.3) is 76.9 Å². The first kappa shape index (κ1) is 53.8. The van der Waals surface area contributed by atoms with E-state index in [1.165, 1.54) is 24.3 Å². The van der Waals surface area contributed by atoms with Crippen LogP contribution in [0, 0.1) is 0 Å². The highest BCUT2D eigenvalue weighted by molar-refractivity contribution is 6.13. The maximum atomic E-state index is 13.7. The Morgan fingerprint density at radius 1 is 0.333 bits per heavy atom. The van der Waals surface area contributed by atoms with Gasteiger partial charge in [-0.15, -0.1) is 26.3 Å². The zero-order chi connectivity index (χ0) is 60.1. The molecule has 2 aliphatic rings. The Morgan fingerprint density at radius 2 is 0.736 bits per heavy atom. The number of alkyl halides is 6. The van der Waals surface area contributed by atoms with Crippen LogP contribution in [-0.4, -0.2) is 12.7 Å². The quantitative estimate of drug-likeness (QED) is 0.141. The lowest BCUT2D eigenvalue weighted by atomic mass is 9.70. The van der Waals surface area contributed by atoms with Gasteiger partial charge < -0.3 is 28.1 Å². The lowest BCUT2D eigenvalue weighted by molar-refractivity contribution is -0.275. The number of ether oxygens (including phenoxy) is 2. The molecule has 0 saturated heterocycles. The lowest BCUT2D eigenvalue weighted by Crippen LogP contribution is -2.26. The molecular weight excluding hydrogens is 1110 g/mol. The molecule has 11 aromatic carbocycles. The van der Waals surface area contributed by atoms with Gasteiger partial charge in [-0.3, -0.25) is 0 Å². The molecule has 13 aromatic rings. The van der Waals surface area contributed by atoms with Crippen molar-refractivity contribution in [3.05, 3.63) is 252 Å². The number of furan rings is 2. The Morgan fingerprint density at radius 3 is 1.21 bits per heavy atom. The van der Waals surface area contributed by atoms with E-state index in [4.69, 9.17) is 8.83 Å².